The molecule has 1 rings (SSSR count). The quantitative estimate of drug-likeness (QED) is 0.712. The summed E-state index contributed by atoms with van der Waals surface area (Å²) in [6.07, 6.45) is 0. The fraction of sp³-hybridized carbons (Fsp3) is 1.00. The fourth-order valence-electron chi connectivity index (χ4n) is 1.89. The SMILES string of the molecule is CN1CCN(C(C)(C)CN)CC1(C)C. The van der Waals surface area contributed by atoms with Crippen LogP contribution in [-0.4, -0.2) is 54.1 Å². The lowest BCUT2D eigenvalue weighted by Crippen LogP contribution is -2.63. The Balaban J connectivity index is 2.69. The van der Waals surface area contributed by atoms with Gasteiger partial charge in [0.1, 0.15) is 0 Å². The molecule has 0 aromatic heterocycles. The van der Waals surface area contributed by atoms with Gasteiger partial charge in [-0.3, -0.25) is 9.80 Å². The molecule has 1 saturated heterocycles. The second kappa shape index (κ2) is 3.80. The van der Waals surface area contributed by atoms with Crippen molar-refractivity contribution >= 4 is 0 Å². The van der Waals surface area contributed by atoms with Crippen LogP contribution in [0.15, 0.2) is 0 Å². The lowest BCUT2D eigenvalue weighted by molar-refractivity contribution is -0.00868. The van der Waals surface area contributed by atoms with Crippen LogP contribution in [0.2, 0.25) is 0 Å². The molecular formula is C11H25N3. The van der Waals surface area contributed by atoms with E-state index in [1.807, 2.05) is 0 Å². The predicted octanol–water partition coefficient (Wildman–Crippen LogP) is 0.750. The van der Waals surface area contributed by atoms with Crippen LogP contribution in [0.25, 0.3) is 0 Å². The van der Waals surface area contributed by atoms with Gasteiger partial charge in [0, 0.05) is 37.3 Å². The molecule has 3 heteroatoms. The molecule has 84 valence electrons. The molecule has 0 aliphatic carbocycles. The van der Waals surface area contributed by atoms with E-state index in [1.54, 1.807) is 0 Å². The third kappa shape index (κ3) is 2.27. The van der Waals surface area contributed by atoms with Gasteiger partial charge >= 0.3 is 0 Å². The van der Waals surface area contributed by atoms with Crippen LogP contribution in [0.4, 0.5) is 0 Å². The Morgan fingerprint density at radius 3 is 2.29 bits per heavy atom. The highest BCUT2D eigenvalue weighted by molar-refractivity contribution is 4.94. The lowest BCUT2D eigenvalue weighted by atomic mass is 9.94. The van der Waals surface area contributed by atoms with Crippen LogP contribution in [0.1, 0.15) is 27.7 Å². The molecule has 1 aliphatic heterocycles. The van der Waals surface area contributed by atoms with Crippen LogP contribution in [0.3, 0.4) is 0 Å². The van der Waals surface area contributed by atoms with E-state index >= 15 is 0 Å². The molecule has 3 nitrogen and oxygen atoms in total. The van der Waals surface area contributed by atoms with E-state index in [0.29, 0.717) is 0 Å². The monoisotopic (exact) mass is 199 g/mol. The van der Waals surface area contributed by atoms with E-state index in [4.69, 9.17) is 5.73 Å². The van der Waals surface area contributed by atoms with Crippen molar-refractivity contribution in [3.63, 3.8) is 0 Å². The van der Waals surface area contributed by atoms with Gasteiger partial charge < -0.3 is 5.73 Å². The number of piperazine rings is 1. The fourth-order valence-corrected chi connectivity index (χ4v) is 1.89. The highest BCUT2D eigenvalue weighted by Gasteiger charge is 2.36. The van der Waals surface area contributed by atoms with E-state index in [1.165, 1.54) is 0 Å². The molecule has 0 unspecified atom stereocenters. The van der Waals surface area contributed by atoms with Crippen molar-refractivity contribution in [2.24, 2.45) is 5.73 Å². The number of hydrogen-bond donors (Lipinski definition) is 1. The molecular weight excluding hydrogens is 174 g/mol. The van der Waals surface area contributed by atoms with Gasteiger partial charge in [0.15, 0.2) is 0 Å². The van der Waals surface area contributed by atoms with Crippen molar-refractivity contribution in [2.45, 2.75) is 38.8 Å². The van der Waals surface area contributed by atoms with Gasteiger partial charge in [-0.25, -0.2) is 0 Å². The molecule has 0 amide bonds. The normalized spacial score (nSPS) is 25.3. The molecule has 0 saturated carbocycles. The van der Waals surface area contributed by atoms with Crippen LogP contribution in [0, 0.1) is 0 Å². The third-order valence-electron chi connectivity index (χ3n) is 3.67. The summed E-state index contributed by atoms with van der Waals surface area (Å²) in [6, 6.07) is 0. The molecule has 0 aromatic carbocycles. The van der Waals surface area contributed by atoms with Gasteiger partial charge in [-0.05, 0) is 34.7 Å². The van der Waals surface area contributed by atoms with Gasteiger partial charge in [-0.15, -0.1) is 0 Å². The Labute approximate surface area is 88.2 Å². The molecule has 0 spiro atoms. The van der Waals surface area contributed by atoms with Crippen LogP contribution < -0.4 is 5.73 Å². The standard InChI is InChI=1S/C11H25N3/c1-10(2,8-12)14-7-6-13(5)11(3,4)9-14/h6-9,12H2,1-5H3. The summed E-state index contributed by atoms with van der Waals surface area (Å²) < 4.78 is 0. The van der Waals surface area contributed by atoms with Gasteiger partial charge in [0.05, 0.1) is 0 Å². The molecule has 14 heavy (non-hydrogen) atoms. The highest BCUT2D eigenvalue weighted by Crippen LogP contribution is 2.24. The number of nitrogens with two attached hydrogens (primary N) is 1. The third-order valence-corrected chi connectivity index (χ3v) is 3.67. The van der Waals surface area contributed by atoms with Crippen molar-refractivity contribution in [1.29, 1.82) is 0 Å². The first kappa shape index (κ1) is 12.0. The number of nitrogens with zero attached hydrogens (tertiary/aromatic N) is 2. The second-order valence-electron chi connectivity index (χ2n) is 5.67. The van der Waals surface area contributed by atoms with Crippen molar-refractivity contribution in [2.75, 3.05) is 33.2 Å². The molecule has 1 heterocycles. The zero-order valence-electron chi connectivity index (χ0n) is 10.3. The summed E-state index contributed by atoms with van der Waals surface area (Å²) in [5, 5.41) is 0. The minimum atomic E-state index is 0.137. The zero-order chi connectivity index (χ0) is 11.0. The Morgan fingerprint density at radius 2 is 1.86 bits per heavy atom. The molecule has 2 N–H and O–H groups in total. The maximum absolute atomic E-state index is 5.81. The summed E-state index contributed by atoms with van der Waals surface area (Å²) in [6.45, 7) is 13.2. The zero-order valence-corrected chi connectivity index (χ0v) is 10.3. The highest BCUT2D eigenvalue weighted by atomic mass is 15.3. The largest absolute Gasteiger partial charge is 0.329 e. The molecule has 0 bridgehead atoms. The van der Waals surface area contributed by atoms with Crippen molar-refractivity contribution in [3.8, 4) is 0 Å². The topological polar surface area (TPSA) is 32.5 Å². The first-order chi connectivity index (χ1) is 6.29. The summed E-state index contributed by atoms with van der Waals surface area (Å²) in [5.74, 6) is 0. The van der Waals surface area contributed by atoms with Gasteiger partial charge in [-0.2, -0.15) is 0 Å². The van der Waals surface area contributed by atoms with Crippen molar-refractivity contribution < 1.29 is 0 Å². The van der Waals surface area contributed by atoms with Gasteiger partial charge in [0.25, 0.3) is 0 Å². The second-order valence-corrected chi connectivity index (χ2v) is 5.67. The molecule has 1 aliphatic rings. The van der Waals surface area contributed by atoms with Crippen LogP contribution in [-0.2, 0) is 0 Å². The van der Waals surface area contributed by atoms with E-state index in [2.05, 4.69) is 44.5 Å². The average molecular weight is 199 g/mol. The first-order valence-electron chi connectivity index (χ1n) is 5.46. The molecule has 0 radical (unpaired) electrons. The summed E-state index contributed by atoms with van der Waals surface area (Å²) in [7, 11) is 2.20. The molecule has 0 atom stereocenters. The van der Waals surface area contributed by atoms with Crippen LogP contribution in [0.5, 0.6) is 0 Å². The summed E-state index contributed by atoms with van der Waals surface area (Å²) >= 11 is 0. The number of likely N-dealkylation sites (N-methyl/N-ethyl adjacent to an activating group) is 1. The Kier molecular flexibility index (Phi) is 3.24. The predicted molar refractivity (Wildman–Crippen MR) is 61.4 cm³/mol. The maximum Gasteiger partial charge on any atom is 0.0277 e. The summed E-state index contributed by atoms with van der Waals surface area (Å²) in [4.78, 5) is 4.93. The number of rotatable bonds is 2. The first-order valence-corrected chi connectivity index (χ1v) is 5.46. The van der Waals surface area contributed by atoms with Gasteiger partial charge in [-0.1, -0.05) is 0 Å². The van der Waals surface area contributed by atoms with E-state index in [0.717, 1.165) is 26.2 Å². The van der Waals surface area contributed by atoms with Crippen molar-refractivity contribution in [1.82, 2.24) is 9.80 Å². The lowest BCUT2D eigenvalue weighted by Gasteiger charge is -2.50. The van der Waals surface area contributed by atoms with Crippen LogP contribution >= 0.6 is 0 Å². The van der Waals surface area contributed by atoms with Crippen molar-refractivity contribution in [3.05, 3.63) is 0 Å². The Bertz CT molecular complexity index is 197. The molecule has 0 aromatic rings. The maximum atomic E-state index is 5.81. The summed E-state index contributed by atoms with van der Waals surface area (Å²) in [5.41, 5.74) is 6.21. The Hall–Kier alpha value is -0.120. The average Bonchev–Trinajstić information content (AvgIpc) is 2.09. The minimum Gasteiger partial charge on any atom is -0.329 e. The molecule has 1 fully saturated rings. The van der Waals surface area contributed by atoms with E-state index in [9.17, 15) is 0 Å². The van der Waals surface area contributed by atoms with E-state index < -0.39 is 0 Å². The smallest absolute Gasteiger partial charge is 0.0277 e. The Morgan fingerprint density at radius 1 is 1.29 bits per heavy atom. The van der Waals surface area contributed by atoms with E-state index in [-0.39, 0.29) is 11.1 Å². The minimum absolute atomic E-state index is 0.137. The number of hydrogen-bond acceptors (Lipinski definition) is 3. The van der Waals surface area contributed by atoms with Gasteiger partial charge in [0.2, 0.25) is 0 Å².